The number of carboxylic acids is 1. The Labute approximate surface area is 278 Å². The molecule has 0 bridgehead atoms. The van der Waals surface area contributed by atoms with Gasteiger partial charge in [-0.05, 0) is 58.3 Å². The zero-order chi connectivity index (χ0) is 36.0. The van der Waals surface area contributed by atoms with Crippen LogP contribution in [0.15, 0.2) is 9.98 Å². The molecule has 48 heavy (non-hydrogen) atoms. The Morgan fingerprint density at radius 2 is 1.35 bits per heavy atom. The van der Waals surface area contributed by atoms with E-state index in [0.717, 1.165) is 0 Å². The lowest BCUT2D eigenvalue weighted by molar-refractivity contribution is -0.149. The number of carbonyl (C=O) groups is 6. The molecule has 0 aliphatic carbocycles. The number of aliphatic carboxylic acids is 1. The second-order valence-electron chi connectivity index (χ2n) is 11.8. The SMILES string of the molecule is C[C@@H](O)[C@H](N)C(=O)N[C@@H](CCCN=C(N)N)C(=O)NCC(=O)N1CCC[C@H]1C(=O)N[C@@H](CCCN=C(N)N)C(=O)N1CCC[C@H]1C(=O)O. The van der Waals surface area contributed by atoms with Crippen molar-refractivity contribution in [2.75, 3.05) is 32.7 Å². The third-order valence-electron chi connectivity index (χ3n) is 8.07. The molecule has 0 aromatic rings. The summed E-state index contributed by atoms with van der Waals surface area (Å²) in [4.78, 5) is 87.6. The van der Waals surface area contributed by atoms with Crippen molar-refractivity contribution in [1.82, 2.24) is 25.8 Å². The molecule has 20 heteroatoms. The number of aliphatic hydroxyl groups is 1. The fourth-order valence-corrected chi connectivity index (χ4v) is 5.50. The smallest absolute Gasteiger partial charge is 0.326 e. The van der Waals surface area contributed by atoms with Gasteiger partial charge in [0.05, 0.1) is 12.6 Å². The molecule has 270 valence electrons. The third-order valence-corrected chi connectivity index (χ3v) is 8.07. The molecule has 2 heterocycles. The lowest BCUT2D eigenvalue weighted by Gasteiger charge is -2.30. The van der Waals surface area contributed by atoms with Crippen LogP contribution in [-0.4, -0.2) is 136 Å². The number of nitrogens with two attached hydrogens (primary N) is 5. The van der Waals surface area contributed by atoms with Crippen LogP contribution in [-0.2, 0) is 28.8 Å². The van der Waals surface area contributed by atoms with E-state index in [1.54, 1.807) is 0 Å². The second kappa shape index (κ2) is 19.2. The van der Waals surface area contributed by atoms with Gasteiger partial charge in [0.2, 0.25) is 29.5 Å². The maximum Gasteiger partial charge on any atom is 0.326 e. The van der Waals surface area contributed by atoms with Gasteiger partial charge in [-0.1, -0.05) is 0 Å². The second-order valence-corrected chi connectivity index (χ2v) is 11.8. The summed E-state index contributed by atoms with van der Waals surface area (Å²) in [6, 6.07) is -5.47. The fraction of sp³-hybridized carbons (Fsp3) is 0.714. The molecule has 0 spiro atoms. The summed E-state index contributed by atoms with van der Waals surface area (Å²) in [6.07, 6.45) is 1.19. The summed E-state index contributed by atoms with van der Waals surface area (Å²) in [5.41, 5.74) is 27.1. The van der Waals surface area contributed by atoms with Crippen LogP contribution in [0.5, 0.6) is 0 Å². The Kier molecular flexibility index (Phi) is 15.8. The third kappa shape index (κ3) is 12.1. The molecule has 2 aliphatic heterocycles. The first kappa shape index (κ1) is 39.5. The molecule has 2 saturated heterocycles. The van der Waals surface area contributed by atoms with Crippen LogP contribution in [0, 0.1) is 0 Å². The minimum atomic E-state index is -1.30. The van der Waals surface area contributed by atoms with Gasteiger partial charge in [-0.25, -0.2) is 4.79 Å². The Morgan fingerprint density at radius 3 is 1.90 bits per heavy atom. The molecule has 0 radical (unpaired) electrons. The van der Waals surface area contributed by atoms with Crippen LogP contribution in [0.1, 0.15) is 58.3 Å². The molecule has 0 unspecified atom stereocenters. The Balaban J connectivity index is 2.09. The number of likely N-dealkylation sites (tertiary alicyclic amines) is 2. The van der Waals surface area contributed by atoms with Gasteiger partial charge in [0.1, 0.15) is 30.2 Å². The van der Waals surface area contributed by atoms with Crippen LogP contribution < -0.4 is 44.6 Å². The minimum absolute atomic E-state index is 0.0855. The predicted molar refractivity (Wildman–Crippen MR) is 173 cm³/mol. The number of amides is 5. The molecule has 15 N–H and O–H groups in total. The van der Waals surface area contributed by atoms with Crippen LogP contribution in [0.4, 0.5) is 0 Å². The van der Waals surface area contributed by atoms with Crippen LogP contribution in [0.25, 0.3) is 0 Å². The van der Waals surface area contributed by atoms with E-state index in [4.69, 9.17) is 28.7 Å². The van der Waals surface area contributed by atoms with Crippen molar-refractivity contribution < 1.29 is 39.0 Å². The molecule has 5 amide bonds. The Bertz CT molecular complexity index is 1220. The van der Waals surface area contributed by atoms with Crippen molar-refractivity contribution in [3.8, 4) is 0 Å². The molecular formula is C28H50N12O8. The fourth-order valence-electron chi connectivity index (χ4n) is 5.50. The normalized spacial score (nSPS) is 19.7. The summed E-state index contributed by atoms with van der Waals surface area (Å²) >= 11 is 0. The first-order valence-corrected chi connectivity index (χ1v) is 15.9. The summed E-state index contributed by atoms with van der Waals surface area (Å²) in [7, 11) is 0. The highest BCUT2D eigenvalue weighted by Gasteiger charge is 2.40. The van der Waals surface area contributed by atoms with E-state index in [-0.39, 0.29) is 50.9 Å². The molecule has 6 atom stereocenters. The first-order chi connectivity index (χ1) is 22.6. The van der Waals surface area contributed by atoms with Gasteiger partial charge < -0.3 is 64.6 Å². The van der Waals surface area contributed by atoms with Gasteiger partial charge >= 0.3 is 5.97 Å². The van der Waals surface area contributed by atoms with Crippen molar-refractivity contribution in [2.24, 2.45) is 38.7 Å². The van der Waals surface area contributed by atoms with Crippen molar-refractivity contribution in [1.29, 1.82) is 0 Å². The number of aliphatic imine (C=N–C) groups is 2. The highest BCUT2D eigenvalue weighted by molar-refractivity contribution is 5.95. The molecule has 0 saturated carbocycles. The van der Waals surface area contributed by atoms with Gasteiger partial charge in [-0.15, -0.1) is 0 Å². The van der Waals surface area contributed by atoms with E-state index in [9.17, 15) is 39.0 Å². The van der Waals surface area contributed by atoms with Crippen molar-refractivity contribution in [2.45, 2.75) is 94.6 Å². The van der Waals surface area contributed by atoms with Gasteiger partial charge in [0, 0.05) is 26.2 Å². The van der Waals surface area contributed by atoms with Crippen molar-refractivity contribution >= 4 is 47.4 Å². The number of nitrogens with one attached hydrogen (secondary N) is 3. The monoisotopic (exact) mass is 682 g/mol. The zero-order valence-electron chi connectivity index (χ0n) is 27.2. The molecule has 2 aliphatic rings. The molecular weight excluding hydrogens is 632 g/mol. The quantitative estimate of drug-likeness (QED) is 0.0368. The number of nitrogens with zero attached hydrogens (tertiary/aromatic N) is 4. The lowest BCUT2D eigenvalue weighted by Crippen LogP contribution is -2.57. The molecule has 2 fully saturated rings. The standard InChI is InChI=1S/C28H50N12O8/c1-15(41)21(29)24(45)37-16(6-2-10-34-27(30)31)22(43)36-14-20(42)39-12-4-8-18(39)23(44)38-17(7-3-11-35-28(32)33)25(46)40-13-5-9-19(40)26(47)48/h15-19,21,41H,2-14,29H2,1H3,(H,36,43)(H,37,45)(H,38,44)(H,47,48)(H4,30,31,34)(H4,32,33,35)/t15-,16+,17+,18+,19+,21+/m1/s1. The van der Waals surface area contributed by atoms with E-state index >= 15 is 0 Å². The van der Waals surface area contributed by atoms with E-state index in [2.05, 4.69) is 25.9 Å². The summed E-state index contributed by atoms with van der Waals surface area (Å²) < 4.78 is 0. The highest BCUT2D eigenvalue weighted by Crippen LogP contribution is 2.21. The number of carbonyl (C=O) groups excluding carboxylic acids is 5. The lowest BCUT2D eigenvalue weighted by atomic mass is 10.1. The summed E-state index contributed by atoms with van der Waals surface area (Å²) in [5.74, 6) is -4.63. The number of aliphatic hydroxyl groups excluding tert-OH is 1. The minimum Gasteiger partial charge on any atom is -0.480 e. The molecule has 2 rings (SSSR count). The van der Waals surface area contributed by atoms with Crippen LogP contribution in [0.2, 0.25) is 0 Å². The number of rotatable bonds is 18. The number of carboxylic acid groups (broad SMARTS) is 1. The summed E-state index contributed by atoms with van der Waals surface area (Å²) in [6.45, 7) is 1.61. The highest BCUT2D eigenvalue weighted by atomic mass is 16.4. The van der Waals surface area contributed by atoms with Crippen LogP contribution in [0.3, 0.4) is 0 Å². The zero-order valence-corrected chi connectivity index (χ0v) is 27.2. The topological polar surface area (TPSA) is 340 Å². The van der Waals surface area contributed by atoms with Crippen LogP contribution >= 0.6 is 0 Å². The Hall–Kier alpha value is -4.72. The van der Waals surface area contributed by atoms with Crippen molar-refractivity contribution in [3.05, 3.63) is 0 Å². The number of hydrogen-bond donors (Lipinski definition) is 10. The maximum atomic E-state index is 13.5. The largest absolute Gasteiger partial charge is 0.480 e. The molecule has 0 aromatic heterocycles. The van der Waals surface area contributed by atoms with Gasteiger partial charge in [0.15, 0.2) is 11.9 Å². The maximum absolute atomic E-state index is 13.5. The van der Waals surface area contributed by atoms with Gasteiger partial charge in [0.25, 0.3) is 0 Å². The Morgan fingerprint density at radius 1 is 0.812 bits per heavy atom. The number of guanidine groups is 2. The van der Waals surface area contributed by atoms with E-state index in [1.807, 2.05) is 0 Å². The average Bonchev–Trinajstić information content (AvgIpc) is 3.72. The van der Waals surface area contributed by atoms with Crippen molar-refractivity contribution in [3.63, 3.8) is 0 Å². The van der Waals surface area contributed by atoms with Gasteiger partial charge in [-0.2, -0.15) is 0 Å². The van der Waals surface area contributed by atoms with E-state index < -0.39 is 78.4 Å². The molecule has 0 aromatic carbocycles. The van der Waals surface area contributed by atoms with E-state index in [1.165, 1.54) is 16.7 Å². The van der Waals surface area contributed by atoms with Gasteiger partial charge in [-0.3, -0.25) is 34.0 Å². The predicted octanol–water partition coefficient (Wildman–Crippen LogP) is -5.05. The van der Waals surface area contributed by atoms with E-state index in [0.29, 0.717) is 38.5 Å². The molecule has 20 nitrogen and oxygen atoms in total. The average molecular weight is 683 g/mol. The first-order valence-electron chi connectivity index (χ1n) is 15.9. The number of hydrogen-bond acceptors (Lipinski definition) is 10. The summed E-state index contributed by atoms with van der Waals surface area (Å²) in [5, 5.41) is 26.9.